The van der Waals surface area contributed by atoms with E-state index < -0.39 is 15.9 Å². The molecule has 31 heavy (non-hydrogen) atoms. The molecule has 2 fully saturated rings. The molecule has 0 unspecified atom stereocenters. The second kappa shape index (κ2) is 6.99. The van der Waals surface area contributed by atoms with E-state index in [4.69, 9.17) is 5.73 Å². The van der Waals surface area contributed by atoms with Crippen molar-refractivity contribution in [3.8, 4) is 11.4 Å². The predicted molar refractivity (Wildman–Crippen MR) is 111 cm³/mol. The van der Waals surface area contributed by atoms with Crippen LogP contribution in [0.2, 0.25) is 0 Å². The van der Waals surface area contributed by atoms with Gasteiger partial charge in [0.05, 0.1) is 29.2 Å². The molecule has 1 saturated heterocycles. The largest absolute Gasteiger partial charge is 0.380 e. The Labute approximate surface area is 178 Å². The lowest BCUT2D eigenvalue weighted by Gasteiger charge is -2.25. The predicted octanol–water partition coefficient (Wildman–Crippen LogP) is -0.0588. The fourth-order valence-corrected chi connectivity index (χ4v) is 5.90. The van der Waals surface area contributed by atoms with Crippen LogP contribution in [0.15, 0.2) is 18.5 Å². The number of amides is 1. The number of H-pyrrole nitrogens is 1. The van der Waals surface area contributed by atoms with Gasteiger partial charge < -0.3 is 11.1 Å². The molecule has 1 aliphatic heterocycles. The fraction of sp³-hybridized carbons (Fsp3) is 0.500. The number of primary amides is 1. The number of aromatic nitrogens is 6. The molecule has 3 aromatic rings. The summed E-state index contributed by atoms with van der Waals surface area (Å²) in [7, 11) is -3.19. The van der Waals surface area contributed by atoms with Gasteiger partial charge in [0, 0.05) is 30.9 Å². The van der Waals surface area contributed by atoms with Crippen LogP contribution in [-0.4, -0.2) is 74.3 Å². The van der Waals surface area contributed by atoms with Crippen molar-refractivity contribution in [2.45, 2.75) is 19.4 Å². The Bertz CT molecular complexity index is 1250. The molecule has 2 aliphatic rings. The Morgan fingerprint density at radius 1 is 1.35 bits per heavy atom. The molecule has 1 saturated carbocycles. The lowest BCUT2D eigenvalue weighted by molar-refractivity contribution is 0.100. The zero-order valence-electron chi connectivity index (χ0n) is 17.1. The number of hydrogen-bond acceptors (Lipinski definition) is 8. The van der Waals surface area contributed by atoms with Crippen molar-refractivity contribution in [1.29, 1.82) is 0 Å². The van der Waals surface area contributed by atoms with E-state index >= 15 is 0 Å². The molecule has 0 radical (unpaired) electrons. The van der Waals surface area contributed by atoms with Crippen molar-refractivity contribution < 1.29 is 13.2 Å². The van der Waals surface area contributed by atoms with Gasteiger partial charge in [0.25, 0.3) is 5.91 Å². The van der Waals surface area contributed by atoms with Crippen LogP contribution in [0, 0.1) is 17.8 Å². The molecule has 164 valence electrons. The Hall–Kier alpha value is -3.06. The van der Waals surface area contributed by atoms with Gasteiger partial charge in [-0.1, -0.05) is 6.92 Å². The van der Waals surface area contributed by atoms with Crippen LogP contribution in [0.3, 0.4) is 0 Å². The summed E-state index contributed by atoms with van der Waals surface area (Å²) in [4.78, 5) is 12.1. The lowest BCUT2D eigenvalue weighted by atomic mass is 9.93. The number of aromatic amines is 1. The summed E-state index contributed by atoms with van der Waals surface area (Å²) in [6.45, 7) is 3.19. The highest BCUT2D eigenvalue weighted by atomic mass is 32.2. The third kappa shape index (κ3) is 3.33. The standard InChI is InChI=1S/C18H23N9O3S/c1-9-13-8-26(31(2,29)30)6-10(13)3-14(9)21-16-12(17(19)28)5-20-27-7-11(4-15(16)27)18-22-24-25-23-18/h4-5,7,9-10,13-14,21H,3,6,8H2,1-2H3,(H2,19,28)(H,22,23,24,25)/t9-,10-,13-,14-/m1/s1. The Kier molecular flexibility index (Phi) is 4.48. The number of nitrogens with two attached hydrogens (primary N) is 1. The molecule has 1 amide bonds. The number of nitrogens with zero attached hydrogens (tertiary/aromatic N) is 6. The minimum atomic E-state index is -3.19. The molecule has 4 heterocycles. The van der Waals surface area contributed by atoms with Crippen molar-refractivity contribution in [3.05, 3.63) is 24.0 Å². The normalized spacial score (nSPS) is 26.4. The SMILES string of the molecule is C[C@@H]1[C@H]2CN(S(C)(=O)=O)C[C@H]2C[C@H]1Nc1c(C(N)=O)cnn2cc(-c3nnn[nH]3)cc12. The second-order valence-corrected chi connectivity index (χ2v) is 10.4. The monoisotopic (exact) mass is 445 g/mol. The van der Waals surface area contributed by atoms with Crippen LogP contribution in [0.1, 0.15) is 23.7 Å². The molecule has 0 spiro atoms. The van der Waals surface area contributed by atoms with Gasteiger partial charge in [0.15, 0.2) is 5.82 Å². The summed E-state index contributed by atoms with van der Waals surface area (Å²) in [5.74, 6) is 0.681. The van der Waals surface area contributed by atoms with Crippen molar-refractivity contribution in [2.75, 3.05) is 24.7 Å². The molecule has 3 aromatic heterocycles. The quantitative estimate of drug-likeness (QED) is 0.491. The number of nitrogens with one attached hydrogen (secondary N) is 2. The Morgan fingerprint density at radius 3 is 2.81 bits per heavy atom. The Morgan fingerprint density at radius 2 is 2.16 bits per heavy atom. The van der Waals surface area contributed by atoms with Gasteiger partial charge in [0.1, 0.15) is 0 Å². The van der Waals surface area contributed by atoms with Crippen LogP contribution in [-0.2, 0) is 10.0 Å². The van der Waals surface area contributed by atoms with Crippen molar-refractivity contribution in [2.24, 2.45) is 23.5 Å². The van der Waals surface area contributed by atoms with Crippen molar-refractivity contribution >= 4 is 27.1 Å². The van der Waals surface area contributed by atoms with E-state index in [0.29, 0.717) is 35.7 Å². The summed E-state index contributed by atoms with van der Waals surface area (Å²) in [5.41, 5.74) is 7.95. The van der Waals surface area contributed by atoms with E-state index in [1.165, 1.54) is 12.5 Å². The van der Waals surface area contributed by atoms with Gasteiger partial charge in [0.2, 0.25) is 10.0 Å². The smallest absolute Gasteiger partial charge is 0.252 e. The number of anilines is 1. The average molecular weight is 446 g/mol. The van der Waals surface area contributed by atoms with Gasteiger partial charge in [-0.3, -0.25) is 4.79 Å². The molecule has 12 nitrogen and oxygen atoms in total. The van der Waals surface area contributed by atoms with Crippen molar-refractivity contribution in [3.63, 3.8) is 0 Å². The van der Waals surface area contributed by atoms with Crippen LogP contribution in [0.5, 0.6) is 0 Å². The maximum Gasteiger partial charge on any atom is 0.252 e. The number of tetrazole rings is 1. The molecule has 5 rings (SSSR count). The number of sulfonamides is 1. The first-order valence-corrected chi connectivity index (χ1v) is 11.8. The maximum atomic E-state index is 12.1. The van der Waals surface area contributed by atoms with E-state index in [2.05, 4.69) is 38.0 Å². The van der Waals surface area contributed by atoms with Gasteiger partial charge in [-0.2, -0.15) is 5.10 Å². The van der Waals surface area contributed by atoms with Gasteiger partial charge in [-0.15, -0.1) is 5.10 Å². The highest BCUT2D eigenvalue weighted by Crippen LogP contribution is 2.44. The fourth-order valence-electron chi connectivity index (χ4n) is 4.99. The number of rotatable bonds is 5. The highest BCUT2D eigenvalue weighted by molar-refractivity contribution is 7.88. The highest BCUT2D eigenvalue weighted by Gasteiger charge is 2.48. The summed E-state index contributed by atoms with van der Waals surface area (Å²) in [6.07, 6.45) is 5.29. The van der Waals surface area contributed by atoms with Gasteiger partial charge in [-0.25, -0.2) is 22.3 Å². The summed E-state index contributed by atoms with van der Waals surface area (Å²) >= 11 is 0. The first-order chi connectivity index (χ1) is 14.7. The second-order valence-electron chi connectivity index (χ2n) is 8.46. The van der Waals surface area contributed by atoms with Crippen molar-refractivity contribution in [1.82, 2.24) is 34.5 Å². The molecule has 13 heteroatoms. The molecule has 4 N–H and O–H groups in total. The minimum absolute atomic E-state index is 0.0753. The van der Waals surface area contributed by atoms with E-state index in [0.717, 1.165) is 12.0 Å². The maximum absolute atomic E-state index is 12.1. The van der Waals surface area contributed by atoms with E-state index in [9.17, 15) is 13.2 Å². The van der Waals surface area contributed by atoms with Crippen LogP contribution < -0.4 is 11.1 Å². The molecular weight excluding hydrogens is 422 g/mol. The first-order valence-electron chi connectivity index (χ1n) is 9.99. The Balaban J connectivity index is 1.48. The topological polar surface area (TPSA) is 164 Å². The number of fused-ring (bicyclic) bond motifs is 2. The molecule has 0 bridgehead atoms. The zero-order chi connectivity index (χ0) is 21.9. The van der Waals surface area contributed by atoms with Crippen LogP contribution >= 0.6 is 0 Å². The minimum Gasteiger partial charge on any atom is -0.380 e. The third-order valence-electron chi connectivity index (χ3n) is 6.64. The third-order valence-corrected chi connectivity index (χ3v) is 7.88. The van der Waals surface area contributed by atoms with E-state index in [1.54, 1.807) is 15.0 Å². The molecule has 4 atom stereocenters. The lowest BCUT2D eigenvalue weighted by Crippen LogP contribution is -2.33. The molecular formula is C18H23N9O3S. The number of carbonyl (C=O) groups excluding carboxylic acids is 1. The van der Waals surface area contributed by atoms with E-state index in [-0.39, 0.29) is 23.8 Å². The van der Waals surface area contributed by atoms with Gasteiger partial charge in [-0.05, 0) is 40.7 Å². The van der Waals surface area contributed by atoms with Crippen LogP contribution in [0.25, 0.3) is 16.9 Å². The molecule has 0 aromatic carbocycles. The summed E-state index contributed by atoms with van der Waals surface area (Å²) in [5, 5.41) is 21.7. The zero-order valence-corrected chi connectivity index (χ0v) is 17.9. The average Bonchev–Trinajstić information content (AvgIpc) is 3.46. The van der Waals surface area contributed by atoms with Gasteiger partial charge >= 0.3 is 0 Å². The number of carbonyl (C=O) groups is 1. The molecule has 1 aliphatic carbocycles. The summed E-state index contributed by atoms with van der Waals surface area (Å²) < 4.78 is 27.1. The van der Waals surface area contributed by atoms with E-state index in [1.807, 2.05) is 6.07 Å². The summed E-state index contributed by atoms with van der Waals surface area (Å²) in [6, 6.07) is 1.92. The first kappa shape index (κ1) is 19.9. The number of hydrogen-bond donors (Lipinski definition) is 3. The van der Waals surface area contributed by atoms with Crippen LogP contribution in [0.4, 0.5) is 5.69 Å².